The van der Waals surface area contributed by atoms with Gasteiger partial charge in [-0.05, 0) is 25.9 Å². The number of esters is 1. The predicted octanol–water partition coefficient (Wildman–Crippen LogP) is 1.57. The molecule has 1 unspecified atom stereocenters. The Bertz CT molecular complexity index is 261. The summed E-state index contributed by atoms with van der Waals surface area (Å²) in [5, 5.41) is 2.66. The number of carbonyl (C=O) groups is 2. The van der Waals surface area contributed by atoms with Crippen molar-refractivity contribution < 1.29 is 14.3 Å². The van der Waals surface area contributed by atoms with E-state index in [4.69, 9.17) is 4.74 Å². The molecule has 1 amide bonds. The van der Waals surface area contributed by atoms with Crippen LogP contribution in [0.2, 0.25) is 0 Å². The Morgan fingerprint density at radius 3 is 2.05 bits per heavy atom. The molecule has 0 aromatic carbocycles. The van der Waals surface area contributed by atoms with E-state index in [0.29, 0.717) is 6.54 Å². The Morgan fingerprint density at radius 2 is 1.68 bits per heavy atom. The van der Waals surface area contributed by atoms with Crippen molar-refractivity contribution in [2.24, 2.45) is 0 Å². The van der Waals surface area contributed by atoms with Gasteiger partial charge in [-0.2, -0.15) is 0 Å². The van der Waals surface area contributed by atoms with E-state index < -0.39 is 6.04 Å². The molecule has 0 spiro atoms. The highest BCUT2D eigenvalue weighted by molar-refractivity contribution is 5.83. The molecule has 0 heterocycles. The molecule has 5 nitrogen and oxygen atoms in total. The largest absolute Gasteiger partial charge is 0.467 e. The number of ether oxygens (including phenoxy) is 1. The van der Waals surface area contributed by atoms with Crippen molar-refractivity contribution in [3.63, 3.8) is 0 Å². The molecule has 1 atom stereocenters. The van der Waals surface area contributed by atoms with Crippen LogP contribution < -0.4 is 5.32 Å². The van der Waals surface area contributed by atoms with Crippen molar-refractivity contribution in [1.29, 1.82) is 0 Å². The average Bonchev–Trinajstić information content (AvgIpc) is 2.39. The molecular weight excluding hydrogens is 244 g/mol. The molecule has 0 rings (SSSR count). The average molecular weight is 272 g/mol. The zero-order valence-electron chi connectivity index (χ0n) is 12.7. The van der Waals surface area contributed by atoms with Crippen LogP contribution in [-0.4, -0.2) is 49.6 Å². The van der Waals surface area contributed by atoms with Crippen molar-refractivity contribution in [3.05, 3.63) is 0 Å². The van der Waals surface area contributed by atoms with Crippen LogP contribution in [0, 0.1) is 0 Å². The summed E-state index contributed by atoms with van der Waals surface area (Å²) >= 11 is 0. The van der Waals surface area contributed by atoms with Gasteiger partial charge in [-0.1, -0.05) is 26.7 Å². The fraction of sp³-hybridized carbons (Fsp3) is 0.857. The lowest BCUT2D eigenvalue weighted by atomic mass is 10.2. The van der Waals surface area contributed by atoms with Gasteiger partial charge in [0.2, 0.25) is 5.91 Å². The summed E-state index contributed by atoms with van der Waals surface area (Å²) in [6.07, 6.45) is 4.42. The molecule has 0 fully saturated rings. The highest BCUT2D eigenvalue weighted by atomic mass is 16.5. The first-order valence-electron chi connectivity index (χ1n) is 7.12. The number of methoxy groups -OCH3 is 1. The SMILES string of the molecule is CCCCN(CCCC)CC(NC(C)=O)C(=O)OC. The molecule has 19 heavy (non-hydrogen) atoms. The summed E-state index contributed by atoms with van der Waals surface area (Å²) in [4.78, 5) is 25.0. The van der Waals surface area contributed by atoms with Gasteiger partial charge < -0.3 is 15.0 Å². The van der Waals surface area contributed by atoms with Crippen LogP contribution in [0.4, 0.5) is 0 Å². The third-order valence-electron chi connectivity index (χ3n) is 2.96. The molecule has 0 aromatic heterocycles. The maximum atomic E-state index is 11.7. The molecule has 0 aliphatic rings. The summed E-state index contributed by atoms with van der Waals surface area (Å²) in [5.41, 5.74) is 0. The quantitative estimate of drug-likeness (QED) is 0.613. The third kappa shape index (κ3) is 8.59. The zero-order chi connectivity index (χ0) is 14.7. The van der Waals surface area contributed by atoms with Crippen LogP contribution in [0.5, 0.6) is 0 Å². The lowest BCUT2D eigenvalue weighted by Gasteiger charge is -2.26. The van der Waals surface area contributed by atoms with Gasteiger partial charge in [0, 0.05) is 13.5 Å². The standard InChI is InChI=1S/C14H28N2O3/c1-5-7-9-16(10-8-6-2)11-13(14(18)19-4)15-12(3)17/h13H,5-11H2,1-4H3,(H,15,17). The van der Waals surface area contributed by atoms with E-state index in [-0.39, 0.29) is 11.9 Å². The number of hydrogen-bond donors (Lipinski definition) is 1. The minimum Gasteiger partial charge on any atom is -0.467 e. The van der Waals surface area contributed by atoms with Gasteiger partial charge in [0.1, 0.15) is 6.04 Å². The molecule has 0 aliphatic heterocycles. The summed E-state index contributed by atoms with van der Waals surface area (Å²) in [6, 6.07) is -0.573. The molecule has 0 radical (unpaired) electrons. The number of amides is 1. The Morgan fingerprint density at radius 1 is 1.16 bits per heavy atom. The highest BCUT2D eigenvalue weighted by Crippen LogP contribution is 2.02. The Labute approximate surface area is 116 Å². The van der Waals surface area contributed by atoms with Gasteiger partial charge in [-0.3, -0.25) is 4.79 Å². The van der Waals surface area contributed by atoms with Crippen molar-refractivity contribution in [3.8, 4) is 0 Å². The Balaban J connectivity index is 4.50. The lowest BCUT2D eigenvalue weighted by Crippen LogP contribution is -2.48. The van der Waals surface area contributed by atoms with Crippen LogP contribution in [0.25, 0.3) is 0 Å². The van der Waals surface area contributed by atoms with E-state index in [1.54, 1.807) is 0 Å². The first-order valence-corrected chi connectivity index (χ1v) is 7.12. The van der Waals surface area contributed by atoms with E-state index in [1.807, 2.05) is 0 Å². The first kappa shape index (κ1) is 17.9. The van der Waals surface area contributed by atoms with E-state index in [1.165, 1.54) is 14.0 Å². The number of carbonyl (C=O) groups excluding carboxylic acids is 2. The number of rotatable bonds is 10. The van der Waals surface area contributed by atoms with Crippen LogP contribution in [0.3, 0.4) is 0 Å². The van der Waals surface area contributed by atoms with Crippen molar-refractivity contribution in [1.82, 2.24) is 10.2 Å². The Kier molecular flexibility index (Phi) is 10.2. The van der Waals surface area contributed by atoms with Crippen LogP contribution >= 0.6 is 0 Å². The molecule has 5 heteroatoms. The predicted molar refractivity (Wildman–Crippen MR) is 75.9 cm³/mol. The minimum atomic E-state index is -0.573. The maximum Gasteiger partial charge on any atom is 0.329 e. The number of hydrogen-bond acceptors (Lipinski definition) is 4. The van der Waals surface area contributed by atoms with Crippen molar-refractivity contribution in [2.45, 2.75) is 52.5 Å². The second kappa shape index (κ2) is 10.8. The highest BCUT2D eigenvalue weighted by Gasteiger charge is 2.22. The van der Waals surface area contributed by atoms with Crippen LogP contribution in [0.1, 0.15) is 46.5 Å². The third-order valence-corrected chi connectivity index (χ3v) is 2.96. The maximum absolute atomic E-state index is 11.7. The smallest absolute Gasteiger partial charge is 0.329 e. The van der Waals surface area contributed by atoms with Gasteiger partial charge in [0.05, 0.1) is 7.11 Å². The summed E-state index contributed by atoms with van der Waals surface area (Å²) < 4.78 is 4.74. The normalized spacial score (nSPS) is 12.3. The zero-order valence-corrected chi connectivity index (χ0v) is 12.7. The van der Waals surface area contributed by atoms with E-state index >= 15 is 0 Å². The number of nitrogens with one attached hydrogen (secondary N) is 1. The van der Waals surface area contributed by atoms with Gasteiger partial charge in [-0.25, -0.2) is 4.79 Å². The summed E-state index contributed by atoms with van der Waals surface area (Å²) in [5.74, 6) is -0.588. The summed E-state index contributed by atoms with van der Waals surface area (Å²) in [7, 11) is 1.35. The Hall–Kier alpha value is -1.10. The lowest BCUT2D eigenvalue weighted by molar-refractivity contribution is -0.145. The second-order valence-electron chi connectivity index (χ2n) is 4.78. The minimum absolute atomic E-state index is 0.207. The number of unbranched alkanes of at least 4 members (excludes halogenated alkanes) is 2. The van der Waals surface area contributed by atoms with Crippen LogP contribution in [0.15, 0.2) is 0 Å². The molecule has 1 N–H and O–H groups in total. The monoisotopic (exact) mass is 272 g/mol. The van der Waals surface area contributed by atoms with E-state index in [9.17, 15) is 9.59 Å². The van der Waals surface area contributed by atoms with Crippen molar-refractivity contribution >= 4 is 11.9 Å². The summed E-state index contributed by atoms with van der Waals surface area (Å²) in [6.45, 7) is 8.12. The molecular formula is C14H28N2O3. The van der Waals surface area contributed by atoms with Crippen molar-refractivity contribution in [2.75, 3.05) is 26.7 Å². The molecule has 0 saturated heterocycles. The van der Waals surface area contributed by atoms with Gasteiger partial charge in [0.25, 0.3) is 0 Å². The molecule has 0 saturated carbocycles. The first-order chi connectivity index (χ1) is 9.04. The molecule has 112 valence electrons. The van der Waals surface area contributed by atoms with Gasteiger partial charge in [-0.15, -0.1) is 0 Å². The van der Waals surface area contributed by atoms with E-state index in [2.05, 4.69) is 24.1 Å². The van der Waals surface area contributed by atoms with Gasteiger partial charge >= 0.3 is 5.97 Å². The second-order valence-corrected chi connectivity index (χ2v) is 4.78. The molecule has 0 aliphatic carbocycles. The van der Waals surface area contributed by atoms with E-state index in [0.717, 1.165) is 38.8 Å². The molecule has 0 bridgehead atoms. The fourth-order valence-corrected chi connectivity index (χ4v) is 1.88. The number of nitrogens with zero attached hydrogens (tertiary/aromatic N) is 1. The topological polar surface area (TPSA) is 58.6 Å². The molecule has 0 aromatic rings. The fourth-order valence-electron chi connectivity index (χ4n) is 1.88. The van der Waals surface area contributed by atoms with Crippen LogP contribution in [-0.2, 0) is 14.3 Å². The van der Waals surface area contributed by atoms with Gasteiger partial charge in [0.15, 0.2) is 0 Å².